The average Bonchev–Trinajstić information content (AvgIpc) is 3.13. The fraction of sp³-hybridized carbons (Fsp3) is 0.368. The van der Waals surface area contributed by atoms with E-state index >= 15 is 0 Å². The number of thioether (sulfide) groups is 1. The molecule has 0 radical (unpaired) electrons. The predicted octanol–water partition coefficient (Wildman–Crippen LogP) is 2.65. The number of carboxylic acid groups (broad SMARTS) is 1. The van der Waals surface area contributed by atoms with E-state index in [1.807, 2.05) is 0 Å². The van der Waals surface area contributed by atoms with Gasteiger partial charge in [0, 0.05) is 29.4 Å². The number of hydrogen-bond donors (Lipinski definition) is 3. The maximum atomic E-state index is 13.0. The Kier molecular flexibility index (Phi) is 5.64. The van der Waals surface area contributed by atoms with Crippen molar-refractivity contribution >= 4 is 32.7 Å². The highest BCUT2D eigenvalue weighted by Gasteiger charge is 2.72. The van der Waals surface area contributed by atoms with Crippen LogP contribution in [0.4, 0.5) is 13.2 Å². The molecule has 172 valence electrons. The van der Waals surface area contributed by atoms with Gasteiger partial charge >= 0.3 is 12.1 Å². The molecule has 2 aromatic rings. The Bertz CT molecular complexity index is 1170. The normalized spacial score (nSPS) is 27.9. The number of halogens is 3. The van der Waals surface area contributed by atoms with Gasteiger partial charge in [0.25, 0.3) is 0 Å². The number of aliphatic carboxylic acids is 1. The number of alkyl halides is 3. The van der Waals surface area contributed by atoms with Crippen molar-refractivity contribution in [3.05, 3.63) is 59.5 Å². The SMILES string of the molecule is O=C(O)C1(NS(=O)(=O)C2CC=C(c3cc(C(F)(F)F)on3)S2)C(CO)C1c1ccccc1. The van der Waals surface area contributed by atoms with Crippen molar-refractivity contribution in [2.24, 2.45) is 5.92 Å². The number of rotatable bonds is 7. The lowest BCUT2D eigenvalue weighted by Crippen LogP contribution is -2.48. The topological polar surface area (TPSA) is 130 Å². The standard InChI is InChI=1S/C19H17F3N2O6S2/c20-19(21,22)14-8-12(23-30-14)13-6-7-15(31-13)32(28,29)24-18(17(26)27)11(9-25)16(18)10-4-2-1-3-5-10/h1-6,8,11,15-16,24-25H,7,9H2,(H,26,27). The summed E-state index contributed by atoms with van der Waals surface area (Å²) >= 11 is 0.746. The van der Waals surface area contributed by atoms with Gasteiger partial charge in [0.2, 0.25) is 15.8 Å². The largest absolute Gasteiger partial charge is 0.480 e. The number of benzene rings is 1. The molecule has 1 aromatic heterocycles. The van der Waals surface area contributed by atoms with Crippen molar-refractivity contribution in [2.45, 2.75) is 28.6 Å². The van der Waals surface area contributed by atoms with Crippen LogP contribution in [0.15, 0.2) is 47.0 Å². The van der Waals surface area contributed by atoms with Crippen LogP contribution < -0.4 is 4.72 Å². The molecule has 3 N–H and O–H groups in total. The molecule has 8 nitrogen and oxygen atoms in total. The molecule has 13 heteroatoms. The molecule has 0 saturated heterocycles. The van der Waals surface area contributed by atoms with Gasteiger partial charge in [-0.05, 0) is 12.0 Å². The van der Waals surface area contributed by atoms with Crippen molar-refractivity contribution in [1.29, 1.82) is 0 Å². The van der Waals surface area contributed by atoms with E-state index in [4.69, 9.17) is 0 Å². The van der Waals surface area contributed by atoms with Gasteiger partial charge in [-0.1, -0.05) is 41.6 Å². The maximum absolute atomic E-state index is 13.0. The highest BCUT2D eigenvalue weighted by atomic mass is 32.3. The molecule has 2 heterocycles. The van der Waals surface area contributed by atoms with Crippen molar-refractivity contribution in [1.82, 2.24) is 9.88 Å². The Balaban J connectivity index is 1.54. The molecule has 1 aliphatic carbocycles. The maximum Gasteiger partial charge on any atom is 0.452 e. The third-order valence-corrected chi connectivity index (χ3v) is 9.17. The molecular weight excluding hydrogens is 473 g/mol. The molecule has 4 unspecified atom stereocenters. The zero-order chi connectivity index (χ0) is 23.3. The third-order valence-electron chi connectivity index (χ3n) is 5.53. The van der Waals surface area contributed by atoms with Crippen LogP contribution in [-0.2, 0) is 21.0 Å². The second kappa shape index (κ2) is 7.90. The molecule has 0 spiro atoms. The van der Waals surface area contributed by atoms with Crippen LogP contribution in [0.25, 0.3) is 4.91 Å². The number of aliphatic hydroxyl groups is 1. The first-order chi connectivity index (χ1) is 15.0. The number of nitrogens with one attached hydrogen (secondary N) is 1. The number of nitrogens with zero attached hydrogens (tertiary/aromatic N) is 1. The summed E-state index contributed by atoms with van der Waals surface area (Å²) in [5.41, 5.74) is -1.51. The molecule has 4 rings (SSSR count). The Hall–Kier alpha value is -2.35. The first-order valence-corrected chi connectivity index (χ1v) is 11.8. The number of aliphatic hydroxyl groups excluding tert-OH is 1. The third kappa shape index (κ3) is 3.83. The van der Waals surface area contributed by atoms with E-state index in [9.17, 15) is 36.6 Å². The van der Waals surface area contributed by atoms with E-state index in [1.54, 1.807) is 30.3 Å². The average molecular weight is 490 g/mol. The summed E-state index contributed by atoms with van der Waals surface area (Å²) in [5.74, 6) is -4.38. The first-order valence-electron chi connectivity index (χ1n) is 9.34. The first kappa shape index (κ1) is 22.8. The lowest BCUT2D eigenvalue weighted by Gasteiger charge is -2.19. The second-order valence-corrected chi connectivity index (χ2v) is 10.8. The number of aromatic nitrogens is 1. The van der Waals surface area contributed by atoms with Gasteiger partial charge in [0.1, 0.15) is 15.8 Å². The Morgan fingerprint density at radius 3 is 2.56 bits per heavy atom. The summed E-state index contributed by atoms with van der Waals surface area (Å²) in [7, 11) is -4.26. The zero-order valence-electron chi connectivity index (χ0n) is 16.1. The summed E-state index contributed by atoms with van der Waals surface area (Å²) < 4.78 is 69.6. The molecular formula is C19H17F3N2O6S2. The van der Waals surface area contributed by atoms with Gasteiger partial charge in [-0.25, -0.2) is 8.42 Å². The predicted molar refractivity (Wildman–Crippen MR) is 108 cm³/mol. The number of hydrogen-bond acceptors (Lipinski definition) is 7. The molecule has 0 amide bonds. The minimum Gasteiger partial charge on any atom is -0.480 e. The van der Waals surface area contributed by atoms with Crippen LogP contribution in [0, 0.1) is 5.92 Å². The fourth-order valence-electron chi connectivity index (χ4n) is 3.96. The van der Waals surface area contributed by atoms with Crippen LogP contribution in [0.5, 0.6) is 0 Å². The molecule has 2 aliphatic rings. The Morgan fingerprint density at radius 1 is 1.31 bits per heavy atom. The van der Waals surface area contributed by atoms with Crippen molar-refractivity contribution in [3.63, 3.8) is 0 Å². The van der Waals surface area contributed by atoms with Crippen molar-refractivity contribution in [2.75, 3.05) is 6.61 Å². The number of sulfonamides is 1. The molecule has 1 fully saturated rings. The minimum absolute atomic E-state index is 0.0704. The molecule has 1 saturated carbocycles. The molecule has 4 atom stereocenters. The summed E-state index contributed by atoms with van der Waals surface area (Å²) in [6.07, 6.45) is -3.39. The molecule has 0 bridgehead atoms. The molecule has 32 heavy (non-hydrogen) atoms. The van der Waals surface area contributed by atoms with E-state index in [0.29, 0.717) is 11.6 Å². The monoisotopic (exact) mass is 490 g/mol. The van der Waals surface area contributed by atoms with E-state index in [1.165, 1.54) is 6.08 Å². The fourth-order valence-corrected chi connectivity index (χ4v) is 7.13. The van der Waals surface area contributed by atoms with Crippen LogP contribution in [-0.4, -0.2) is 46.5 Å². The summed E-state index contributed by atoms with van der Waals surface area (Å²) in [6, 6.07) is 9.06. The molecule has 1 aliphatic heterocycles. The van der Waals surface area contributed by atoms with Crippen LogP contribution in [0.1, 0.15) is 29.4 Å². The number of carboxylic acids is 1. The van der Waals surface area contributed by atoms with E-state index < -0.39 is 56.5 Å². The second-order valence-electron chi connectivity index (χ2n) is 7.42. The lowest BCUT2D eigenvalue weighted by atomic mass is 10.1. The van der Waals surface area contributed by atoms with Gasteiger partial charge in [0.15, 0.2) is 0 Å². The Morgan fingerprint density at radius 2 is 2.00 bits per heavy atom. The van der Waals surface area contributed by atoms with Crippen molar-refractivity contribution < 1.29 is 41.1 Å². The van der Waals surface area contributed by atoms with Gasteiger partial charge in [-0.3, -0.25) is 4.79 Å². The lowest BCUT2D eigenvalue weighted by molar-refractivity contribution is -0.155. The van der Waals surface area contributed by atoms with Gasteiger partial charge in [-0.2, -0.15) is 17.9 Å². The van der Waals surface area contributed by atoms with Crippen LogP contribution in [0.3, 0.4) is 0 Å². The summed E-state index contributed by atoms with van der Waals surface area (Å²) in [5, 5.41) is 22.9. The minimum atomic E-state index is -4.73. The van der Waals surface area contributed by atoms with Crippen molar-refractivity contribution in [3.8, 4) is 0 Å². The zero-order valence-corrected chi connectivity index (χ0v) is 17.7. The van der Waals surface area contributed by atoms with Gasteiger partial charge in [-0.15, -0.1) is 11.8 Å². The highest BCUT2D eigenvalue weighted by molar-refractivity contribution is 8.18. The quantitative estimate of drug-likeness (QED) is 0.540. The summed E-state index contributed by atoms with van der Waals surface area (Å²) in [4.78, 5) is 12.3. The smallest absolute Gasteiger partial charge is 0.452 e. The molecule has 1 aromatic carbocycles. The van der Waals surface area contributed by atoms with E-state index in [-0.39, 0.29) is 17.0 Å². The summed E-state index contributed by atoms with van der Waals surface area (Å²) in [6.45, 7) is -0.547. The highest BCUT2D eigenvalue weighted by Crippen LogP contribution is 2.58. The van der Waals surface area contributed by atoms with Crippen LogP contribution >= 0.6 is 11.8 Å². The van der Waals surface area contributed by atoms with Crippen LogP contribution in [0.2, 0.25) is 0 Å². The van der Waals surface area contributed by atoms with E-state index in [2.05, 4.69) is 14.4 Å². The number of allylic oxidation sites excluding steroid dienone is 1. The number of carbonyl (C=O) groups is 1. The Labute approximate surface area is 184 Å². The van der Waals surface area contributed by atoms with E-state index in [0.717, 1.165) is 11.8 Å². The van der Waals surface area contributed by atoms with Gasteiger partial charge < -0.3 is 14.7 Å². The van der Waals surface area contributed by atoms with Gasteiger partial charge in [0.05, 0.1) is 0 Å².